The summed E-state index contributed by atoms with van der Waals surface area (Å²) in [6, 6.07) is 6.28. The maximum absolute atomic E-state index is 13.2. The molecule has 0 aromatic carbocycles. The Balaban J connectivity index is 2.66. The standard InChI is InChI=1S/C10H6FN3O2/c11-10-9(14(15)16)7(4-6-13-10)8-3-1-2-5-12-8/h1-6H. The molecule has 80 valence electrons. The number of halogens is 1. The van der Waals surface area contributed by atoms with Gasteiger partial charge in [0.05, 0.1) is 16.2 Å². The molecule has 0 saturated heterocycles. The molecule has 0 fully saturated rings. The smallest absolute Gasteiger partial charge is 0.258 e. The summed E-state index contributed by atoms with van der Waals surface area (Å²) in [7, 11) is 0. The van der Waals surface area contributed by atoms with E-state index in [0.717, 1.165) is 0 Å². The van der Waals surface area contributed by atoms with E-state index in [1.165, 1.54) is 18.5 Å². The van der Waals surface area contributed by atoms with Crippen molar-refractivity contribution in [1.82, 2.24) is 9.97 Å². The Hall–Kier alpha value is -2.37. The lowest BCUT2D eigenvalue weighted by molar-refractivity contribution is -0.387. The molecule has 0 radical (unpaired) electrons. The van der Waals surface area contributed by atoms with E-state index in [1.807, 2.05) is 0 Å². The topological polar surface area (TPSA) is 68.9 Å². The van der Waals surface area contributed by atoms with Gasteiger partial charge in [-0.1, -0.05) is 6.07 Å². The molecule has 5 nitrogen and oxygen atoms in total. The predicted octanol–water partition coefficient (Wildman–Crippen LogP) is 2.19. The van der Waals surface area contributed by atoms with Gasteiger partial charge in [-0.25, -0.2) is 4.98 Å². The Morgan fingerprint density at radius 2 is 2.00 bits per heavy atom. The third-order valence-electron chi connectivity index (χ3n) is 2.00. The van der Waals surface area contributed by atoms with E-state index in [2.05, 4.69) is 9.97 Å². The average molecular weight is 219 g/mol. The first kappa shape index (κ1) is 10.2. The van der Waals surface area contributed by atoms with Crippen LogP contribution in [-0.2, 0) is 0 Å². The summed E-state index contributed by atoms with van der Waals surface area (Å²) in [4.78, 5) is 17.1. The number of nitro groups is 1. The monoisotopic (exact) mass is 219 g/mol. The van der Waals surface area contributed by atoms with Crippen LogP contribution in [0.25, 0.3) is 11.3 Å². The Kier molecular flexibility index (Phi) is 2.55. The zero-order valence-corrected chi connectivity index (χ0v) is 8.00. The molecule has 2 aromatic heterocycles. The Bertz CT molecular complexity index is 531. The van der Waals surface area contributed by atoms with Crippen LogP contribution >= 0.6 is 0 Å². The number of nitrogens with zero attached hydrogens (tertiary/aromatic N) is 3. The molecule has 0 saturated carbocycles. The van der Waals surface area contributed by atoms with Gasteiger partial charge in [0.25, 0.3) is 5.95 Å². The fraction of sp³-hybridized carbons (Fsp3) is 0. The highest BCUT2D eigenvalue weighted by atomic mass is 19.1. The summed E-state index contributed by atoms with van der Waals surface area (Å²) in [5.74, 6) is -1.10. The third-order valence-corrected chi connectivity index (χ3v) is 2.00. The van der Waals surface area contributed by atoms with Crippen LogP contribution in [0, 0.1) is 16.1 Å². The van der Waals surface area contributed by atoms with Crippen molar-refractivity contribution in [1.29, 1.82) is 0 Å². The summed E-state index contributed by atoms with van der Waals surface area (Å²) in [5, 5.41) is 10.7. The molecule has 16 heavy (non-hydrogen) atoms. The number of aromatic nitrogens is 2. The van der Waals surface area contributed by atoms with Crippen LogP contribution in [0.3, 0.4) is 0 Å². The Morgan fingerprint density at radius 3 is 2.62 bits per heavy atom. The van der Waals surface area contributed by atoms with E-state index in [1.54, 1.807) is 18.2 Å². The van der Waals surface area contributed by atoms with Gasteiger partial charge in [0, 0.05) is 12.4 Å². The minimum atomic E-state index is -1.10. The van der Waals surface area contributed by atoms with Crippen molar-refractivity contribution in [2.45, 2.75) is 0 Å². The van der Waals surface area contributed by atoms with Crippen molar-refractivity contribution in [3.05, 3.63) is 52.7 Å². The summed E-state index contributed by atoms with van der Waals surface area (Å²) < 4.78 is 13.2. The summed E-state index contributed by atoms with van der Waals surface area (Å²) in [6.07, 6.45) is 2.66. The lowest BCUT2D eigenvalue weighted by Crippen LogP contribution is -1.98. The molecule has 0 aliphatic heterocycles. The average Bonchev–Trinajstić information content (AvgIpc) is 2.29. The zero-order chi connectivity index (χ0) is 11.5. The van der Waals surface area contributed by atoms with Crippen LogP contribution in [0.2, 0.25) is 0 Å². The quantitative estimate of drug-likeness (QED) is 0.441. The van der Waals surface area contributed by atoms with Crippen molar-refractivity contribution in [3.63, 3.8) is 0 Å². The number of hydrogen-bond donors (Lipinski definition) is 0. The Labute approximate surface area is 89.7 Å². The van der Waals surface area contributed by atoms with Crippen LogP contribution in [0.1, 0.15) is 0 Å². The van der Waals surface area contributed by atoms with E-state index in [0.29, 0.717) is 5.69 Å². The summed E-state index contributed by atoms with van der Waals surface area (Å²) in [6.45, 7) is 0. The van der Waals surface area contributed by atoms with E-state index >= 15 is 0 Å². The number of rotatable bonds is 2. The van der Waals surface area contributed by atoms with Gasteiger partial charge in [0.1, 0.15) is 0 Å². The van der Waals surface area contributed by atoms with Gasteiger partial charge in [-0.05, 0) is 18.2 Å². The molecule has 0 spiro atoms. The SMILES string of the molecule is O=[N+]([O-])c1c(-c2ccccn2)ccnc1F. The second-order valence-electron chi connectivity index (χ2n) is 2.97. The van der Waals surface area contributed by atoms with Crippen molar-refractivity contribution in [3.8, 4) is 11.3 Å². The van der Waals surface area contributed by atoms with Crippen molar-refractivity contribution >= 4 is 5.69 Å². The van der Waals surface area contributed by atoms with Crippen LogP contribution in [0.15, 0.2) is 36.7 Å². The van der Waals surface area contributed by atoms with Crippen LogP contribution in [0.5, 0.6) is 0 Å². The van der Waals surface area contributed by atoms with E-state index in [9.17, 15) is 14.5 Å². The van der Waals surface area contributed by atoms with E-state index in [-0.39, 0.29) is 5.56 Å². The first-order chi connectivity index (χ1) is 7.70. The van der Waals surface area contributed by atoms with Gasteiger partial charge in [-0.15, -0.1) is 0 Å². The van der Waals surface area contributed by atoms with E-state index in [4.69, 9.17) is 0 Å². The molecular weight excluding hydrogens is 213 g/mol. The molecule has 2 heterocycles. The minimum Gasteiger partial charge on any atom is -0.258 e. The molecular formula is C10H6FN3O2. The molecule has 2 rings (SSSR count). The minimum absolute atomic E-state index is 0.123. The van der Waals surface area contributed by atoms with Crippen molar-refractivity contribution in [2.75, 3.05) is 0 Å². The lowest BCUT2D eigenvalue weighted by Gasteiger charge is -2.01. The molecule has 0 atom stereocenters. The predicted molar refractivity (Wildman–Crippen MR) is 54.1 cm³/mol. The molecule has 0 N–H and O–H groups in total. The van der Waals surface area contributed by atoms with Gasteiger partial charge in [0.2, 0.25) is 0 Å². The molecule has 2 aromatic rings. The molecule has 0 unspecified atom stereocenters. The first-order valence-electron chi connectivity index (χ1n) is 4.40. The number of pyridine rings is 2. The maximum atomic E-state index is 13.2. The maximum Gasteiger partial charge on any atom is 0.333 e. The molecule has 0 aliphatic carbocycles. The second-order valence-corrected chi connectivity index (χ2v) is 2.97. The van der Waals surface area contributed by atoms with Crippen molar-refractivity contribution < 1.29 is 9.31 Å². The molecule has 0 amide bonds. The molecule has 0 bridgehead atoms. The molecule has 6 heteroatoms. The normalized spacial score (nSPS) is 10.1. The Morgan fingerprint density at radius 1 is 1.19 bits per heavy atom. The summed E-state index contributed by atoms with van der Waals surface area (Å²) >= 11 is 0. The fourth-order valence-electron chi connectivity index (χ4n) is 1.33. The van der Waals surface area contributed by atoms with Gasteiger partial charge in [-0.2, -0.15) is 4.39 Å². The number of hydrogen-bond acceptors (Lipinski definition) is 4. The highest BCUT2D eigenvalue weighted by Gasteiger charge is 2.22. The largest absolute Gasteiger partial charge is 0.333 e. The summed E-state index contributed by atoms with van der Waals surface area (Å²) in [5.41, 5.74) is -0.185. The van der Waals surface area contributed by atoms with Crippen LogP contribution < -0.4 is 0 Å². The van der Waals surface area contributed by atoms with Crippen LogP contribution in [0.4, 0.5) is 10.1 Å². The third kappa shape index (κ3) is 1.72. The lowest BCUT2D eigenvalue weighted by atomic mass is 10.1. The van der Waals surface area contributed by atoms with Gasteiger partial charge >= 0.3 is 5.69 Å². The fourth-order valence-corrected chi connectivity index (χ4v) is 1.33. The van der Waals surface area contributed by atoms with Gasteiger partial charge < -0.3 is 0 Å². The van der Waals surface area contributed by atoms with Crippen molar-refractivity contribution in [2.24, 2.45) is 0 Å². The van der Waals surface area contributed by atoms with Crippen LogP contribution in [-0.4, -0.2) is 14.9 Å². The zero-order valence-electron chi connectivity index (χ0n) is 8.00. The molecule has 0 aliphatic rings. The second kappa shape index (κ2) is 4.01. The van der Waals surface area contributed by atoms with Gasteiger partial charge in [-0.3, -0.25) is 15.1 Å². The first-order valence-corrected chi connectivity index (χ1v) is 4.40. The van der Waals surface area contributed by atoms with E-state index < -0.39 is 16.6 Å². The highest BCUT2D eigenvalue weighted by molar-refractivity contribution is 5.69. The van der Waals surface area contributed by atoms with Gasteiger partial charge in [0.15, 0.2) is 0 Å². The highest BCUT2D eigenvalue weighted by Crippen LogP contribution is 2.28.